The van der Waals surface area contributed by atoms with Crippen molar-refractivity contribution in [2.24, 2.45) is 0 Å². The van der Waals surface area contributed by atoms with Gasteiger partial charge in [0.25, 0.3) is 0 Å². The van der Waals surface area contributed by atoms with Crippen LogP contribution >= 0.6 is 58.2 Å². The van der Waals surface area contributed by atoms with E-state index in [1.807, 2.05) is 31.2 Å². The second-order valence-corrected chi connectivity index (χ2v) is 9.89. The summed E-state index contributed by atoms with van der Waals surface area (Å²) in [5.41, 5.74) is 1.20. The summed E-state index contributed by atoms with van der Waals surface area (Å²) in [6.45, 7) is 1.89. The lowest BCUT2D eigenvalue weighted by Crippen LogP contribution is -2.20. The summed E-state index contributed by atoms with van der Waals surface area (Å²) in [6.07, 6.45) is 0. The molecule has 0 fully saturated rings. The van der Waals surface area contributed by atoms with Crippen LogP contribution in [-0.2, 0) is 5.75 Å². The van der Waals surface area contributed by atoms with Gasteiger partial charge in [-0.1, -0.05) is 65.3 Å². The third-order valence-electron chi connectivity index (χ3n) is 3.48. The van der Waals surface area contributed by atoms with Crippen LogP contribution in [0.5, 0.6) is 0 Å². The van der Waals surface area contributed by atoms with Gasteiger partial charge in [-0.15, -0.1) is 11.3 Å². The maximum Gasteiger partial charge on any atom is 0.191 e. The molecule has 0 saturated carbocycles. The zero-order valence-electron chi connectivity index (χ0n) is 14.9. The number of anilines is 2. The maximum absolute atomic E-state index is 9.31. The molecule has 28 heavy (non-hydrogen) atoms. The zero-order chi connectivity index (χ0) is 19.9. The highest BCUT2D eigenvalue weighted by Crippen LogP contribution is 2.38. The van der Waals surface area contributed by atoms with Gasteiger partial charge in [-0.25, -0.2) is 9.97 Å². The van der Waals surface area contributed by atoms with Gasteiger partial charge in [0.1, 0.15) is 16.0 Å². The van der Waals surface area contributed by atoms with Crippen molar-refractivity contribution in [2.75, 3.05) is 16.6 Å². The first kappa shape index (κ1) is 21.5. The molecule has 0 unspecified atom stereocenters. The van der Waals surface area contributed by atoms with Crippen LogP contribution in [0.15, 0.2) is 52.5 Å². The van der Waals surface area contributed by atoms with E-state index in [0.29, 0.717) is 25.5 Å². The third-order valence-corrected chi connectivity index (χ3v) is 6.98. The largest absolute Gasteiger partial charge is 0.394 e. The van der Waals surface area contributed by atoms with Gasteiger partial charge in [-0.2, -0.15) is 0 Å². The Kier molecular flexibility index (Phi) is 8.13. The van der Waals surface area contributed by atoms with Crippen molar-refractivity contribution in [3.8, 4) is 0 Å². The van der Waals surface area contributed by atoms with Crippen LogP contribution in [0.1, 0.15) is 12.5 Å². The van der Waals surface area contributed by atoms with E-state index in [9.17, 15) is 5.11 Å². The molecule has 148 valence electrons. The summed E-state index contributed by atoms with van der Waals surface area (Å²) in [5, 5.41) is 13.1. The van der Waals surface area contributed by atoms with Gasteiger partial charge in [-0.05, 0) is 30.5 Å². The lowest BCUT2D eigenvalue weighted by atomic mass is 10.2. The molecule has 0 amide bonds. The van der Waals surface area contributed by atoms with Gasteiger partial charge in [0.15, 0.2) is 5.16 Å². The molecular weight excluding hydrogens is 455 g/mol. The second-order valence-electron chi connectivity index (χ2n) is 5.82. The Balaban J connectivity index is 1.75. The van der Waals surface area contributed by atoms with Crippen molar-refractivity contribution in [3.05, 3.63) is 56.7 Å². The van der Waals surface area contributed by atoms with E-state index < -0.39 is 0 Å². The van der Waals surface area contributed by atoms with Crippen molar-refractivity contribution < 1.29 is 5.11 Å². The van der Waals surface area contributed by atoms with Gasteiger partial charge in [-0.3, -0.25) is 0 Å². The molecule has 0 bridgehead atoms. The van der Waals surface area contributed by atoms with Gasteiger partial charge in [0.05, 0.1) is 15.8 Å². The van der Waals surface area contributed by atoms with Gasteiger partial charge < -0.3 is 15.1 Å². The minimum atomic E-state index is -0.118. The molecule has 1 aromatic carbocycles. The standard InChI is InChI=1S/C18H18Cl2N4OS3/c1-11(9-25)21-15-8-16(24-28-13-7-14(19)27-17(13)20)23-18(22-15)26-10-12-5-3-2-4-6-12/h2-8,11,25H,9-10H2,1H3,(H2,21,22,23,24)/t11-/m1/s1. The predicted octanol–water partition coefficient (Wildman–Crippen LogP) is 6.05. The molecular formula is C18H18Cl2N4OS3. The normalized spacial score (nSPS) is 12.0. The van der Waals surface area contributed by atoms with Gasteiger partial charge >= 0.3 is 0 Å². The predicted molar refractivity (Wildman–Crippen MR) is 122 cm³/mol. The Bertz CT molecular complexity index is 911. The molecule has 1 atom stereocenters. The molecule has 0 aliphatic heterocycles. The molecule has 0 radical (unpaired) electrons. The number of hydrogen-bond donors (Lipinski definition) is 3. The smallest absolute Gasteiger partial charge is 0.191 e. The monoisotopic (exact) mass is 472 g/mol. The molecule has 3 aromatic rings. The Hall–Kier alpha value is -1.16. The Labute approximate surface area is 186 Å². The number of benzene rings is 1. The highest BCUT2D eigenvalue weighted by molar-refractivity contribution is 8.00. The second kappa shape index (κ2) is 10.6. The van der Waals surface area contributed by atoms with Crippen molar-refractivity contribution in [1.82, 2.24) is 9.97 Å². The van der Waals surface area contributed by atoms with Crippen LogP contribution in [0.2, 0.25) is 8.67 Å². The van der Waals surface area contributed by atoms with Gasteiger partial charge in [0, 0.05) is 17.9 Å². The molecule has 0 aliphatic rings. The average molecular weight is 473 g/mol. The molecule has 2 heterocycles. The first-order valence-electron chi connectivity index (χ1n) is 8.34. The van der Waals surface area contributed by atoms with E-state index in [1.54, 1.807) is 17.8 Å². The van der Waals surface area contributed by atoms with Crippen LogP contribution in [-0.4, -0.2) is 27.7 Å². The topological polar surface area (TPSA) is 70.1 Å². The minimum absolute atomic E-state index is 0.0109. The molecule has 0 aliphatic carbocycles. The number of halogens is 2. The molecule has 3 rings (SSSR count). The fourth-order valence-corrected chi connectivity index (χ4v) is 5.30. The number of thiophene rings is 1. The van der Waals surface area contributed by atoms with Crippen LogP contribution < -0.4 is 10.0 Å². The van der Waals surface area contributed by atoms with Crippen LogP contribution in [0.25, 0.3) is 0 Å². The summed E-state index contributed by atoms with van der Waals surface area (Å²) in [4.78, 5) is 9.97. The molecule has 10 heteroatoms. The molecule has 0 saturated heterocycles. The molecule has 2 aromatic heterocycles. The minimum Gasteiger partial charge on any atom is -0.394 e. The van der Waals surface area contributed by atoms with Crippen LogP contribution in [0.3, 0.4) is 0 Å². The number of nitrogens with one attached hydrogen (secondary N) is 2. The van der Waals surface area contributed by atoms with E-state index in [0.717, 1.165) is 10.6 Å². The summed E-state index contributed by atoms with van der Waals surface area (Å²) in [5.74, 6) is 2.05. The lowest BCUT2D eigenvalue weighted by Gasteiger charge is -2.14. The number of aliphatic hydroxyl groups excluding tert-OH is 1. The fourth-order valence-electron chi connectivity index (χ4n) is 2.14. The fraction of sp³-hybridized carbons (Fsp3) is 0.222. The average Bonchev–Trinajstić information content (AvgIpc) is 3.02. The van der Waals surface area contributed by atoms with Crippen LogP contribution in [0.4, 0.5) is 11.6 Å². The number of rotatable bonds is 9. The van der Waals surface area contributed by atoms with Crippen molar-refractivity contribution in [2.45, 2.75) is 28.8 Å². The van der Waals surface area contributed by atoms with Crippen molar-refractivity contribution in [3.63, 3.8) is 0 Å². The number of thioether (sulfide) groups is 1. The number of aliphatic hydroxyl groups is 1. The Morgan fingerprint density at radius 2 is 1.89 bits per heavy atom. The lowest BCUT2D eigenvalue weighted by molar-refractivity contribution is 0.281. The number of hydrogen-bond acceptors (Lipinski definition) is 8. The first-order chi connectivity index (χ1) is 13.5. The quantitative estimate of drug-likeness (QED) is 0.199. The highest BCUT2D eigenvalue weighted by atomic mass is 35.5. The zero-order valence-corrected chi connectivity index (χ0v) is 18.8. The maximum atomic E-state index is 9.31. The van der Waals surface area contributed by atoms with Gasteiger partial charge in [0.2, 0.25) is 0 Å². The van der Waals surface area contributed by atoms with Crippen LogP contribution in [0, 0.1) is 0 Å². The molecule has 0 spiro atoms. The summed E-state index contributed by atoms with van der Waals surface area (Å²) < 4.78 is 4.46. The Morgan fingerprint density at radius 1 is 1.14 bits per heavy atom. The highest BCUT2D eigenvalue weighted by Gasteiger charge is 2.11. The number of nitrogens with zero attached hydrogens (tertiary/aromatic N) is 2. The van der Waals surface area contributed by atoms with E-state index in [4.69, 9.17) is 23.2 Å². The molecule has 5 nitrogen and oxygen atoms in total. The van der Waals surface area contributed by atoms with E-state index in [-0.39, 0.29) is 12.6 Å². The SMILES string of the molecule is C[C@H](CO)Nc1cc(NSc2cc(Cl)sc2Cl)nc(SCc2ccccc2)n1. The van der Waals surface area contributed by atoms with Crippen molar-refractivity contribution >= 4 is 69.9 Å². The van der Waals surface area contributed by atoms with E-state index in [1.165, 1.54) is 28.8 Å². The first-order valence-corrected chi connectivity index (χ1v) is 11.7. The van der Waals surface area contributed by atoms with Crippen molar-refractivity contribution in [1.29, 1.82) is 0 Å². The summed E-state index contributed by atoms with van der Waals surface area (Å²) in [7, 11) is 0. The summed E-state index contributed by atoms with van der Waals surface area (Å²) in [6, 6.07) is 13.6. The van der Waals surface area contributed by atoms with E-state index >= 15 is 0 Å². The third kappa shape index (κ3) is 6.43. The number of aromatic nitrogens is 2. The summed E-state index contributed by atoms with van der Waals surface area (Å²) >= 11 is 16.4. The molecule has 3 N–H and O–H groups in total. The Morgan fingerprint density at radius 3 is 2.57 bits per heavy atom. The van der Waals surface area contributed by atoms with E-state index in [2.05, 4.69) is 32.1 Å².